The van der Waals surface area contributed by atoms with Gasteiger partial charge in [0.05, 0.1) is 6.20 Å². The summed E-state index contributed by atoms with van der Waals surface area (Å²) < 4.78 is 5.23. The molecule has 1 heterocycles. The minimum Gasteiger partial charge on any atom is -0.440 e. The number of nitrogens with zero attached hydrogens (tertiary/aromatic N) is 1. The van der Waals surface area contributed by atoms with Gasteiger partial charge in [-0.3, -0.25) is 0 Å². The van der Waals surface area contributed by atoms with Gasteiger partial charge in [0.2, 0.25) is 0 Å². The van der Waals surface area contributed by atoms with E-state index in [1.807, 2.05) is 0 Å². The van der Waals surface area contributed by atoms with Gasteiger partial charge in [0.15, 0.2) is 0 Å². The van der Waals surface area contributed by atoms with Gasteiger partial charge in [0.25, 0.3) is 5.22 Å². The van der Waals surface area contributed by atoms with Gasteiger partial charge >= 0.3 is 0 Å². The summed E-state index contributed by atoms with van der Waals surface area (Å²) in [5.74, 6) is 0. The summed E-state index contributed by atoms with van der Waals surface area (Å²) in [4.78, 5) is 5.30. The topological polar surface area (TPSA) is 38.1 Å². The SMILES string of the molecule is CCNCc1ccc(Sc2ncco2)c(C)c1. The molecular formula is C13H16N2OS. The number of rotatable bonds is 5. The Hall–Kier alpha value is -1.26. The van der Waals surface area contributed by atoms with Crippen LogP contribution >= 0.6 is 11.8 Å². The normalized spacial score (nSPS) is 10.7. The van der Waals surface area contributed by atoms with Crippen LogP contribution in [0, 0.1) is 6.92 Å². The lowest BCUT2D eigenvalue weighted by Gasteiger charge is -2.07. The molecule has 0 unspecified atom stereocenters. The molecule has 0 atom stereocenters. The van der Waals surface area contributed by atoms with Crippen LogP contribution in [0.3, 0.4) is 0 Å². The molecule has 0 aliphatic heterocycles. The highest BCUT2D eigenvalue weighted by atomic mass is 32.2. The highest BCUT2D eigenvalue weighted by Crippen LogP contribution is 2.29. The van der Waals surface area contributed by atoms with E-state index in [4.69, 9.17) is 4.42 Å². The van der Waals surface area contributed by atoms with Crippen molar-refractivity contribution in [1.82, 2.24) is 10.3 Å². The van der Waals surface area contributed by atoms with E-state index in [2.05, 4.69) is 42.3 Å². The minimum atomic E-state index is 0.688. The lowest BCUT2D eigenvalue weighted by Crippen LogP contribution is -2.11. The molecule has 0 amide bonds. The number of nitrogens with one attached hydrogen (secondary N) is 1. The van der Waals surface area contributed by atoms with Gasteiger partial charge in [-0.05, 0) is 42.4 Å². The summed E-state index contributed by atoms with van der Waals surface area (Å²) in [5.41, 5.74) is 2.56. The molecule has 0 fully saturated rings. The van der Waals surface area contributed by atoms with Gasteiger partial charge in [0, 0.05) is 11.4 Å². The van der Waals surface area contributed by atoms with Crippen molar-refractivity contribution in [2.75, 3.05) is 6.54 Å². The molecule has 2 rings (SSSR count). The maximum absolute atomic E-state index is 5.23. The highest BCUT2D eigenvalue weighted by molar-refractivity contribution is 7.99. The average Bonchev–Trinajstić information content (AvgIpc) is 2.82. The van der Waals surface area contributed by atoms with Crippen molar-refractivity contribution in [2.45, 2.75) is 30.5 Å². The maximum Gasteiger partial charge on any atom is 0.260 e. The maximum atomic E-state index is 5.23. The van der Waals surface area contributed by atoms with Crippen molar-refractivity contribution < 1.29 is 4.42 Å². The molecule has 1 aromatic heterocycles. The molecule has 17 heavy (non-hydrogen) atoms. The summed E-state index contributed by atoms with van der Waals surface area (Å²) in [6.45, 7) is 6.13. The van der Waals surface area contributed by atoms with Crippen LogP contribution in [0.5, 0.6) is 0 Å². The first kappa shape index (κ1) is 12.2. The van der Waals surface area contributed by atoms with Crippen LogP contribution in [-0.4, -0.2) is 11.5 Å². The Morgan fingerprint density at radius 1 is 1.41 bits per heavy atom. The van der Waals surface area contributed by atoms with Crippen LogP contribution in [0.1, 0.15) is 18.1 Å². The predicted molar refractivity (Wildman–Crippen MR) is 69.2 cm³/mol. The third-order valence-corrected chi connectivity index (χ3v) is 3.48. The molecule has 0 aliphatic carbocycles. The molecule has 0 bridgehead atoms. The average molecular weight is 248 g/mol. The quantitative estimate of drug-likeness (QED) is 0.881. The molecule has 0 saturated heterocycles. The number of aromatic nitrogens is 1. The monoisotopic (exact) mass is 248 g/mol. The van der Waals surface area contributed by atoms with Gasteiger partial charge in [-0.2, -0.15) is 0 Å². The van der Waals surface area contributed by atoms with Crippen LogP contribution in [-0.2, 0) is 6.54 Å². The zero-order valence-corrected chi connectivity index (χ0v) is 10.9. The van der Waals surface area contributed by atoms with Crippen LogP contribution in [0.25, 0.3) is 0 Å². The third-order valence-electron chi connectivity index (χ3n) is 2.43. The van der Waals surface area contributed by atoms with Crippen molar-refractivity contribution in [1.29, 1.82) is 0 Å². The Morgan fingerprint density at radius 3 is 2.94 bits per heavy atom. The molecule has 1 aromatic carbocycles. The van der Waals surface area contributed by atoms with Crippen LogP contribution in [0.4, 0.5) is 0 Å². The van der Waals surface area contributed by atoms with Gasteiger partial charge < -0.3 is 9.73 Å². The van der Waals surface area contributed by atoms with E-state index in [-0.39, 0.29) is 0 Å². The molecule has 1 N–H and O–H groups in total. The molecule has 2 aromatic rings. The Labute approximate surface area is 106 Å². The minimum absolute atomic E-state index is 0.688. The van der Waals surface area contributed by atoms with Crippen molar-refractivity contribution in [3.8, 4) is 0 Å². The van der Waals surface area contributed by atoms with E-state index in [0.717, 1.165) is 13.1 Å². The number of hydrogen-bond donors (Lipinski definition) is 1. The summed E-state index contributed by atoms with van der Waals surface area (Å²) in [6.07, 6.45) is 3.26. The first-order valence-electron chi connectivity index (χ1n) is 5.67. The van der Waals surface area contributed by atoms with Crippen LogP contribution < -0.4 is 5.32 Å². The molecule has 0 spiro atoms. The van der Waals surface area contributed by atoms with E-state index in [0.29, 0.717) is 5.22 Å². The Bertz CT molecular complexity index is 468. The van der Waals surface area contributed by atoms with E-state index in [9.17, 15) is 0 Å². The summed E-state index contributed by atoms with van der Waals surface area (Å²) >= 11 is 1.56. The second-order valence-corrected chi connectivity index (χ2v) is 4.77. The van der Waals surface area contributed by atoms with Crippen molar-refractivity contribution >= 4 is 11.8 Å². The summed E-state index contributed by atoms with van der Waals surface area (Å²) in [7, 11) is 0. The number of aryl methyl sites for hydroxylation is 1. The Kier molecular flexibility index (Phi) is 4.23. The first-order chi connectivity index (χ1) is 8.29. The van der Waals surface area contributed by atoms with Gasteiger partial charge in [-0.15, -0.1) is 0 Å². The Morgan fingerprint density at radius 2 is 2.29 bits per heavy atom. The van der Waals surface area contributed by atoms with Gasteiger partial charge in [0.1, 0.15) is 6.26 Å². The fraction of sp³-hybridized carbons (Fsp3) is 0.308. The van der Waals surface area contributed by atoms with E-state index in [1.54, 1.807) is 24.2 Å². The molecule has 0 saturated carbocycles. The van der Waals surface area contributed by atoms with Gasteiger partial charge in [-0.25, -0.2) is 4.98 Å². The zero-order valence-electron chi connectivity index (χ0n) is 10.1. The van der Waals surface area contributed by atoms with E-state index < -0.39 is 0 Å². The van der Waals surface area contributed by atoms with Crippen molar-refractivity contribution in [3.63, 3.8) is 0 Å². The molecule has 3 nitrogen and oxygen atoms in total. The lowest BCUT2D eigenvalue weighted by atomic mass is 10.1. The molecular weight excluding hydrogens is 232 g/mol. The zero-order chi connectivity index (χ0) is 12.1. The standard InChI is InChI=1S/C13H16N2OS/c1-3-14-9-11-4-5-12(10(2)8-11)17-13-15-6-7-16-13/h4-8,14H,3,9H2,1-2H3. The second-order valence-electron chi connectivity index (χ2n) is 3.78. The lowest BCUT2D eigenvalue weighted by molar-refractivity contribution is 0.454. The largest absolute Gasteiger partial charge is 0.440 e. The predicted octanol–water partition coefficient (Wildman–Crippen LogP) is 3.24. The number of benzene rings is 1. The molecule has 0 radical (unpaired) electrons. The molecule has 0 aliphatic rings. The second kappa shape index (κ2) is 5.89. The molecule has 4 heteroatoms. The highest BCUT2D eigenvalue weighted by Gasteiger charge is 2.05. The fourth-order valence-electron chi connectivity index (χ4n) is 1.56. The van der Waals surface area contributed by atoms with Gasteiger partial charge in [-0.1, -0.05) is 19.1 Å². The number of hydrogen-bond acceptors (Lipinski definition) is 4. The summed E-state index contributed by atoms with van der Waals surface area (Å²) in [6, 6.07) is 6.46. The van der Waals surface area contributed by atoms with E-state index >= 15 is 0 Å². The van der Waals surface area contributed by atoms with Crippen LogP contribution in [0.2, 0.25) is 0 Å². The number of oxazole rings is 1. The fourth-order valence-corrected chi connectivity index (χ4v) is 2.32. The van der Waals surface area contributed by atoms with Crippen molar-refractivity contribution in [3.05, 3.63) is 41.8 Å². The third kappa shape index (κ3) is 3.35. The van der Waals surface area contributed by atoms with E-state index in [1.165, 1.54) is 16.0 Å². The van der Waals surface area contributed by atoms with Crippen LogP contribution in [0.15, 0.2) is 45.2 Å². The smallest absolute Gasteiger partial charge is 0.260 e. The summed E-state index contributed by atoms with van der Waals surface area (Å²) in [5, 5.41) is 4.01. The van der Waals surface area contributed by atoms with Crippen molar-refractivity contribution in [2.24, 2.45) is 0 Å². The Balaban J connectivity index is 2.09. The molecule has 90 valence electrons. The first-order valence-corrected chi connectivity index (χ1v) is 6.49.